The molecule has 9 heteroatoms. The van der Waals surface area contributed by atoms with Gasteiger partial charge < -0.3 is 24.1 Å². The third kappa shape index (κ3) is 62.6. The van der Waals surface area contributed by atoms with E-state index in [-0.39, 0.29) is 72.1 Å². The predicted molar refractivity (Wildman–Crippen MR) is 28.3 cm³/mol. The van der Waals surface area contributed by atoms with E-state index < -0.39 is 17.3 Å². The Hall–Kier alpha value is 1.50. The molecule has 12 heavy (non-hydrogen) atoms. The second kappa shape index (κ2) is 18.3. The average Bonchev–Trinajstić information content (AvgIpc) is 1.62. The summed E-state index contributed by atoms with van der Waals surface area (Å²) >= 11 is -2.86. The molecule has 0 aliphatic heterocycles. The van der Waals surface area contributed by atoms with E-state index in [1.807, 2.05) is 0 Å². The van der Waals surface area contributed by atoms with E-state index in [1.165, 1.54) is 0 Å². The van der Waals surface area contributed by atoms with Gasteiger partial charge in [-0.25, -0.2) is 4.21 Å². The minimum Gasteiger partial charge on any atom is -0.750 e. The van der Waals surface area contributed by atoms with E-state index in [0.29, 0.717) is 0 Å². The predicted octanol–water partition coefficient (Wildman–Crippen LogP) is -8.53. The Bertz CT molecular complexity index is 115. The Kier molecular flexibility index (Phi) is 35.7. The van der Waals surface area contributed by atoms with Crippen LogP contribution >= 0.6 is 0 Å². The summed E-state index contributed by atoms with van der Waals surface area (Å²) in [6, 6.07) is 0. The van der Waals surface area contributed by atoms with Crippen LogP contribution in [0.5, 0.6) is 0 Å². The van der Waals surface area contributed by atoms with E-state index in [4.69, 9.17) is 18.4 Å². The maximum absolute atomic E-state index is 9.33. The van der Waals surface area contributed by atoms with Crippen molar-refractivity contribution in [1.82, 2.24) is 0 Å². The van der Waals surface area contributed by atoms with Crippen LogP contribution in [0.15, 0.2) is 0 Å². The zero-order valence-corrected chi connectivity index (χ0v) is 11.7. The topological polar surface area (TPSA) is 121 Å². The molecule has 0 rings (SSSR count). The van der Waals surface area contributed by atoms with Crippen molar-refractivity contribution in [2.24, 2.45) is 0 Å². The van der Waals surface area contributed by atoms with E-state index in [0.717, 1.165) is 0 Å². The van der Waals surface area contributed by atoms with Crippen LogP contribution in [0.25, 0.3) is 0 Å². The summed E-state index contributed by atoms with van der Waals surface area (Å²) in [6.07, 6.45) is -0.264. The molecule has 0 saturated heterocycles. The molecule has 62 valence electrons. The van der Waals surface area contributed by atoms with Crippen LogP contribution in [0.2, 0.25) is 0 Å². The first kappa shape index (κ1) is 23.4. The summed E-state index contributed by atoms with van der Waals surface area (Å²) in [5.74, 6) is -1.21. The van der Waals surface area contributed by atoms with Gasteiger partial charge in [0, 0.05) is 19.0 Å². The minimum atomic E-state index is -2.86. The Labute approximate surface area is 116 Å². The first-order valence-corrected chi connectivity index (χ1v) is 3.13. The average molecular weight is 216 g/mol. The third-order valence-corrected chi connectivity index (χ3v) is 0.316. The van der Waals surface area contributed by atoms with E-state index in [9.17, 15) is 9.90 Å². The molecule has 0 bridgehead atoms. The second-order valence-corrected chi connectivity index (χ2v) is 1.50. The number of carboxylic acids is 1. The van der Waals surface area contributed by atoms with Crippen molar-refractivity contribution >= 4 is 17.3 Å². The molecule has 6 nitrogen and oxygen atoms in total. The minimum absolute atomic E-state index is 0. The smallest absolute Gasteiger partial charge is 0.750 e. The Morgan fingerprint density at radius 2 is 1.67 bits per heavy atom. The van der Waals surface area contributed by atoms with Gasteiger partial charge in [0.1, 0.15) is 0 Å². The van der Waals surface area contributed by atoms with Gasteiger partial charge in [-0.3, -0.25) is 0 Å². The van der Waals surface area contributed by atoms with Gasteiger partial charge in [-0.15, -0.1) is 0 Å². The number of aliphatic carboxylic acids is 1. The van der Waals surface area contributed by atoms with Gasteiger partial charge in [0.05, 0.1) is 11.4 Å². The van der Waals surface area contributed by atoms with Crippen LogP contribution < -0.4 is 64.2 Å². The molecular formula is C3H6Na2O6S. The van der Waals surface area contributed by atoms with Crippen molar-refractivity contribution in [3.8, 4) is 0 Å². The fourth-order valence-electron chi connectivity index (χ4n) is 0.0913. The number of carboxylic acid groups (broad SMARTS) is 1. The van der Waals surface area contributed by atoms with E-state index >= 15 is 0 Å². The molecule has 2 N–H and O–H groups in total. The number of hydrogen-bond acceptors (Lipinski definition) is 5. The van der Waals surface area contributed by atoms with Crippen LogP contribution in [0.4, 0.5) is 0 Å². The van der Waals surface area contributed by atoms with Gasteiger partial charge in [0.25, 0.3) is 0 Å². The van der Waals surface area contributed by atoms with Crippen LogP contribution in [-0.4, -0.2) is 31.0 Å². The van der Waals surface area contributed by atoms with Gasteiger partial charge in [0.15, 0.2) is 0 Å². The number of aliphatic hydroxyl groups excluding tert-OH is 1. The first-order valence-electron chi connectivity index (χ1n) is 2.09. The molecule has 0 aromatic rings. The third-order valence-electron chi connectivity index (χ3n) is 0.316. The summed E-state index contributed by atoms with van der Waals surface area (Å²) < 4.78 is 24.1. The number of carbonyl (C=O) groups excluding carboxylic acids is 1. The number of rotatable bonds is 2. The molecule has 1 unspecified atom stereocenters. The Morgan fingerprint density at radius 1 is 1.42 bits per heavy atom. The summed E-state index contributed by atoms with van der Waals surface area (Å²) in [5.41, 5.74) is 0. The fourth-order valence-corrected chi connectivity index (χ4v) is 0.0913. The second-order valence-electron chi connectivity index (χ2n) is 1.06. The fraction of sp³-hybridized carbons (Fsp3) is 0.667. The molecule has 1 atom stereocenters. The van der Waals surface area contributed by atoms with Gasteiger partial charge in [-0.2, -0.15) is 0 Å². The van der Waals surface area contributed by atoms with Crippen molar-refractivity contribution in [2.75, 3.05) is 6.61 Å². The molecule has 0 radical (unpaired) electrons. The zero-order valence-electron chi connectivity index (χ0n) is 6.85. The SMILES string of the molecule is O=C([O-])CCO.O=S([O-])O.[Na+].[Na+]. The monoisotopic (exact) mass is 216 g/mol. The summed E-state index contributed by atoms with van der Waals surface area (Å²) in [6.45, 7) is -0.331. The van der Waals surface area contributed by atoms with Gasteiger partial charge in [-0.1, -0.05) is 0 Å². The molecule has 0 aliphatic rings. The molecule has 0 aromatic carbocycles. The molecule has 0 aliphatic carbocycles. The van der Waals surface area contributed by atoms with Crippen LogP contribution in [0, 0.1) is 0 Å². The van der Waals surface area contributed by atoms with Crippen LogP contribution in [0.3, 0.4) is 0 Å². The summed E-state index contributed by atoms with van der Waals surface area (Å²) in [4.78, 5) is 9.33. The number of hydrogen-bond donors (Lipinski definition) is 2. The van der Waals surface area contributed by atoms with Gasteiger partial charge >= 0.3 is 59.1 Å². The molecule has 0 aromatic heterocycles. The van der Waals surface area contributed by atoms with Crippen molar-refractivity contribution < 1.29 is 87.4 Å². The van der Waals surface area contributed by atoms with Crippen molar-refractivity contribution in [3.63, 3.8) is 0 Å². The molecule has 0 amide bonds. The van der Waals surface area contributed by atoms with Gasteiger partial charge in [0.2, 0.25) is 0 Å². The quantitative estimate of drug-likeness (QED) is 0.349. The molecule has 0 spiro atoms. The molecule has 0 heterocycles. The summed E-state index contributed by atoms with van der Waals surface area (Å²) in [7, 11) is 0. The maximum Gasteiger partial charge on any atom is 1.00 e. The standard InChI is InChI=1S/C3H6O3.2Na.H2O3S/c4-2-1-3(5)6;;;1-4(2)3/h4H,1-2H2,(H,5,6);;;(H2,1,2,3)/q;2*+1;/p-2. The van der Waals surface area contributed by atoms with Crippen LogP contribution in [-0.2, 0) is 16.2 Å². The number of aliphatic hydroxyl groups is 1. The van der Waals surface area contributed by atoms with E-state index in [1.54, 1.807) is 0 Å². The Balaban J connectivity index is -0.0000000483. The molecule has 0 fully saturated rings. The van der Waals surface area contributed by atoms with Gasteiger partial charge in [-0.05, 0) is 0 Å². The Morgan fingerprint density at radius 3 is 1.67 bits per heavy atom. The molecular weight excluding hydrogens is 210 g/mol. The van der Waals surface area contributed by atoms with Crippen molar-refractivity contribution in [2.45, 2.75) is 6.42 Å². The zero-order chi connectivity index (χ0) is 8.57. The largest absolute Gasteiger partial charge is 1.00 e. The van der Waals surface area contributed by atoms with Crippen molar-refractivity contribution in [1.29, 1.82) is 0 Å². The number of carbonyl (C=O) groups is 1. The normalized spacial score (nSPS) is 9.25. The maximum atomic E-state index is 9.33. The van der Waals surface area contributed by atoms with E-state index in [2.05, 4.69) is 0 Å². The summed E-state index contributed by atoms with van der Waals surface area (Å²) in [5, 5.41) is 17.1. The van der Waals surface area contributed by atoms with Crippen molar-refractivity contribution in [3.05, 3.63) is 0 Å². The molecule has 0 saturated carbocycles. The van der Waals surface area contributed by atoms with Crippen LogP contribution in [0.1, 0.15) is 6.42 Å². The first-order chi connectivity index (χ1) is 4.50.